The molecule has 2 aromatic carbocycles. The van der Waals surface area contributed by atoms with E-state index in [1.165, 1.54) is 24.3 Å². The molecule has 0 aliphatic heterocycles. The molecule has 0 fully saturated rings. The highest BCUT2D eigenvalue weighted by molar-refractivity contribution is 5.85. The van der Waals surface area contributed by atoms with Crippen LogP contribution in [-0.2, 0) is 21.4 Å². The molecule has 0 radical (unpaired) electrons. The van der Waals surface area contributed by atoms with E-state index in [1.807, 2.05) is 30.3 Å². The van der Waals surface area contributed by atoms with E-state index in [2.05, 4.69) is 0 Å². The Bertz CT molecular complexity index is 622. The molecule has 0 saturated carbocycles. The Hall–Kier alpha value is -2.49. The van der Waals surface area contributed by atoms with Gasteiger partial charge >= 0.3 is 5.97 Å². The molecule has 0 aliphatic rings. The van der Waals surface area contributed by atoms with Gasteiger partial charge < -0.3 is 9.90 Å². The number of hydrogen-bond donors (Lipinski definition) is 1. The third kappa shape index (κ3) is 3.16. The number of carboxylic acids is 1. The Balaban J connectivity index is 2.49. The Kier molecular flexibility index (Phi) is 4.48. The monoisotopic (exact) mass is 286 g/mol. The van der Waals surface area contributed by atoms with Crippen LogP contribution in [0.2, 0.25) is 0 Å². The quantitative estimate of drug-likeness (QED) is 0.831. The summed E-state index contributed by atoms with van der Waals surface area (Å²) in [6, 6.07) is 14.4. The smallest absolute Gasteiger partial charge is 0.314 e. The van der Waals surface area contributed by atoms with Gasteiger partial charge in [0.2, 0.25) is 0 Å². The molecule has 0 bridgehead atoms. The SMILES string of the molecule is O=CCC(Cc1ccccc1)(C(=O)O)c1ccc(F)cc1. The highest BCUT2D eigenvalue weighted by Gasteiger charge is 2.40. The molecule has 1 N–H and O–H groups in total. The summed E-state index contributed by atoms with van der Waals surface area (Å²) in [6.07, 6.45) is 0.608. The van der Waals surface area contributed by atoms with Crippen LogP contribution in [0.4, 0.5) is 4.39 Å². The van der Waals surface area contributed by atoms with Crippen molar-refractivity contribution in [3.63, 3.8) is 0 Å². The van der Waals surface area contributed by atoms with E-state index in [4.69, 9.17) is 0 Å². The van der Waals surface area contributed by atoms with Crippen LogP contribution in [0.25, 0.3) is 0 Å². The van der Waals surface area contributed by atoms with Gasteiger partial charge in [0.25, 0.3) is 0 Å². The summed E-state index contributed by atoms with van der Waals surface area (Å²) in [5.41, 5.74) is -0.144. The van der Waals surface area contributed by atoms with Crippen molar-refractivity contribution in [2.24, 2.45) is 0 Å². The molecule has 3 nitrogen and oxygen atoms in total. The van der Waals surface area contributed by atoms with Crippen molar-refractivity contribution in [2.45, 2.75) is 18.3 Å². The van der Waals surface area contributed by atoms with Gasteiger partial charge in [-0.3, -0.25) is 4.79 Å². The van der Waals surface area contributed by atoms with Crippen LogP contribution in [0.3, 0.4) is 0 Å². The van der Waals surface area contributed by atoms with E-state index < -0.39 is 17.2 Å². The summed E-state index contributed by atoms with van der Waals surface area (Å²) < 4.78 is 13.1. The molecule has 108 valence electrons. The van der Waals surface area contributed by atoms with Crippen LogP contribution in [0.5, 0.6) is 0 Å². The fourth-order valence-corrected chi connectivity index (χ4v) is 2.43. The van der Waals surface area contributed by atoms with Gasteiger partial charge in [0.1, 0.15) is 17.5 Å². The summed E-state index contributed by atoms with van der Waals surface area (Å²) in [5.74, 6) is -1.53. The Labute approximate surface area is 122 Å². The van der Waals surface area contributed by atoms with E-state index in [9.17, 15) is 19.1 Å². The molecular formula is C17H15FO3. The number of hydrogen-bond acceptors (Lipinski definition) is 2. The van der Waals surface area contributed by atoms with Gasteiger partial charge in [-0.05, 0) is 29.7 Å². The zero-order valence-electron chi connectivity index (χ0n) is 11.3. The van der Waals surface area contributed by atoms with Gasteiger partial charge in [-0.25, -0.2) is 4.39 Å². The summed E-state index contributed by atoms with van der Waals surface area (Å²) in [7, 11) is 0. The molecule has 1 unspecified atom stereocenters. The highest BCUT2D eigenvalue weighted by atomic mass is 19.1. The lowest BCUT2D eigenvalue weighted by molar-refractivity contribution is -0.145. The number of aliphatic carboxylic acids is 1. The molecule has 0 amide bonds. The first-order valence-electron chi connectivity index (χ1n) is 6.55. The lowest BCUT2D eigenvalue weighted by Crippen LogP contribution is -2.38. The molecule has 2 aromatic rings. The maximum absolute atomic E-state index is 13.1. The minimum Gasteiger partial charge on any atom is -0.481 e. The fourth-order valence-electron chi connectivity index (χ4n) is 2.43. The van der Waals surface area contributed by atoms with Gasteiger partial charge in [0.05, 0.1) is 0 Å². The number of carbonyl (C=O) groups is 2. The molecule has 21 heavy (non-hydrogen) atoms. The normalized spacial score (nSPS) is 13.4. The minimum absolute atomic E-state index is 0.164. The maximum Gasteiger partial charge on any atom is 0.314 e. The number of rotatable bonds is 6. The van der Waals surface area contributed by atoms with Crippen LogP contribution in [0, 0.1) is 5.82 Å². The van der Waals surface area contributed by atoms with Crippen molar-refractivity contribution in [1.29, 1.82) is 0 Å². The molecule has 0 spiro atoms. The standard InChI is InChI=1S/C17H15FO3/c18-15-8-6-14(7-9-15)17(10-11-19,16(20)21)12-13-4-2-1-3-5-13/h1-9,11H,10,12H2,(H,20,21). The lowest BCUT2D eigenvalue weighted by Gasteiger charge is -2.28. The van der Waals surface area contributed by atoms with Gasteiger partial charge in [-0.15, -0.1) is 0 Å². The molecule has 0 heterocycles. The van der Waals surface area contributed by atoms with Gasteiger partial charge in [0.15, 0.2) is 0 Å². The van der Waals surface area contributed by atoms with Crippen molar-refractivity contribution < 1.29 is 19.1 Å². The molecule has 2 rings (SSSR count). The van der Waals surface area contributed by atoms with Crippen LogP contribution < -0.4 is 0 Å². The first-order chi connectivity index (χ1) is 10.1. The van der Waals surface area contributed by atoms with Gasteiger partial charge in [-0.2, -0.15) is 0 Å². The van der Waals surface area contributed by atoms with E-state index in [0.29, 0.717) is 11.8 Å². The van der Waals surface area contributed by atoms with Crippen LogP contribution in [-0.4, -0.2) is 17.4 Å². The predicted molar refractivity (Wildman–Crippen MR) is 76.5 cm³/mol. The zero-order chi connectivity index (χ0) is 15.3. The number of carboxylic acid groups (broad SMARTS) is 1. The van der Waals surface area contributed by atoms with Crippen molar-refractivity contribution in [1.82, 2.24) is 0 Å². The summed E-state index contributed by atoms with van der Waals surface area (Å²) in [6.45, 7) is 0. The molecular weight excluding hydrogens is 271 g/mol. The third-order valence-electron chi connectivity index (χ3n) is 3.59. The molecule has 1 atom stereocenters. The summed E-state index contributed by atoms with van der Waals surface area (Å²) >= 11 is 0. The van der Waals surface area contributed by atoms with Crippen molar-refractivity contribution >= 4 is 12.3 Å². The number of benzene rings is 2. The zero-order valence-corrected chi connectivity index (χ0v) is 11.3. The molecule has 0 aliphatic carbocycles. The Morgan fingerprint density at radius 3 is 2.24 bits per heavy atom. The largest absolute Gasteiger partial charge is 0.481 e. The second kappa shape index (κ2) is 6.31. The highest BCUT2D eigenvalue weighted by Crippen LogP contribution is 2.32. The number of aldehydes is 1. The maximum atomic E-state index is 13.1. The van der Waals surface area contributed by atoms with Gasteiger partial charge in [-0.1, -0.05) is 42.5 Å². The topological polar surface area (TPSA) is 54.4 Å². The van der Waals surface area contributed by atoms with E-state index in [0.717, 1.165) is 5.56 Å². The first kappa shape index (κ1) is 14.9. The third-order valence-corrected chi connectivity index (χ3v) is 3.59. The van der Waals surface area contributed by atoms with Crippen molar-refractivity contribution in [3.05, 3.63) is 71.5 Å². The fraction of sp³-hybridized carbons (Fsp3) is 0.176. The Morgan fingerprint density at radius 2 is 1.71 bits per heavy atom. The lowest BCUT2D eigenvalue weighted by atomic mass is 9.73. The van der Waals surface area contributed by atoms with E-state index in [-0.39, 0.29) is 12.8 Å². The van der Waals surface area contributed by atoms with E-state index >= 15 is 0 Å². The second-order valence-corrected chi connectivity index (χ2v) is 4.93. The number of halogens is 1. The van der Waals surface area contributed by atoms with Crippen LogP contribution in [0.1, 0.15) is 17.5 Å². The van der Waals surface area contributed by atoms with Crippen molar-refractivity contribution in [2.75, 3.05) is 0 Å². The minimum atomic E-state index is -1.38. The second-order valence-electron chi connectivity index (χ2n) is 4.93. The molecule has 4 heteroatoms. The number of carbonyl (C=O) groups excluding carboxylic acids is 1. The predicted octanol–water partition coefficient (Wildman–Crippen LogP) is 2.98. The van der Waals surface area contributed by atoms with Crippen LogP contribution in [0.15, 0.2) is 54.6 Å². The molecule has 0 aromatic heterocycles. The van der Waals surface area contributed by atoms with Gasteiger partial charge in [0, 0.05) is 6.42 Å². The first-order valence-corrected chi connectivity index (χ1v) is 6.55. The average Bonchev–Trinajstić information content (AvgIpc) is 2.48. The molecule has 0 saturated heterocycles. The summed E-state index contributed by atoms with van der Waals surface area (Å²) in [5, 5.41) is 9.69. The van der Waals surface area contributed by atoms with Crippen LogP contribution >= 0.6 is 0 Å². The average molecular weight is 286 g/mol. The van der Waals surface area contributed by atoms with Crippen molar-refractivity contribution in [3.8, 4) is 0 Å². The van der Waals surface area contributed by atoms with E-state index in [1.54, 1.807) is 0 Å². The Morgan fingerprint density at radius 1 is 1.10 bits per heavy atom. The summed E-state index contributed by atoms with van der Waals surface area (Å²) in [4.78, 5) is 22.9.